The summed E-state index contributed by atoms with van der Waals surface area (Å²) < 4.78 is 6.96. The molecule has 4 heteroatoms. The summed E-state index contributed by atoms with van der Waals surface area (Å²) in [7, 11) is 0. The zero-order chi connectivity index (χ0) is 14.9. The zero-order valence-electron chi connectivity index (χ0n) is 12.9. The van der Waals surface area contributed by atoms with Crippen molar-refractivity contribution in [3.63, 3.8) is 0 Å². The molecule has 1 N–H and O–H groups in total. The van der Waals surface area contributed by atoms with E-state index in [1.165, 1.54) is 12.8 Å². The van der Waals surface area contributed by atoms with Crippen LogP contribution in [-0.4, -0.2) is 42.7 Å². The van der Waals surface area contributed by atoms with Crippen molar-refractivity contribution in [1.29, 1.82) is 0 Å². The summed E-state index contributed by atoms with van der Waals surface area (Å²) in [6, 6.07) is 8.66. The van der Waals surface area contributed by atoms with E-state index in [1.807, 2.05) is 24.3 Å². The van der Waals surface area contributed by atoms with E-state index in [-0.39, 0.29) is 0 Å². The number of hydrogen-bond acceptors (Lipinski definition) is 3. The Morgan fingerprint density at radius 2 is 2.05 bits per heavy atom. The molecule has 1 aromatic rings. The second-order valence-electron chi connectivity index (χ2n) is 6.69. The van der Waals surface area contributed by atoms with Crippen molar-refractivity contribution in [3.05, 3.63) is 28.7 Å². The van der Waals surface area contributed by atoms with E-state index in [9.17, 15) is 0 Å². The lowest BCUT2D eigenvalue weighted by atomic mass is 9.91. The molecule has 1 aliphatic carbocycles. The van der Waals surface area contributed by atoms with Crippen molar-refractivity contribution >= 4 is 15.9 Å². The summed E-state index contributed by atoms with van der Waals surface area (Å²) in [4.78, 5) is 2.58. The first kappa shape index (κ1) is 15.3. The maximum Gasteiger partial charge on any atom is 0.119 e. The first-order valence-electron chi connectivity index (χ1n) is 7.94. The minimum absolute atomic E-state index is 0.310. The number of piperazine rings is 1. The number of nitrogens with zero attached hydrogens (tertiary/aromatic N) is 1. The molecule has 1 saturated carbocycles. The van der Waals surface area contributed by atoms with E-state index in [2.05, 4.69) is 40.0 Å². The summed E-state index contributed by atoms with van der Waals surface area (Å²) in [6.07, 6.45) is 2.78. The number of hydrogen-bond donors (Lipinski definition) is 1. The van der Waals surface area contributed by atoms with Crippen LogP contribution in [0.5, 0.6) is 5.75 Å². The fourth-order valence-electron chi connectivity index (χ4n) is 3.25. The molecular formula is C17H25BrN2O. The summed E-state index contributed by atoms with van der Waals surface area (Å²) in [5.74, 6) is 1.82. The summed E-state index contributed by atoms with van der Waals surface area (Å²) >= 11 is 3.45. The van der Waals surface area contributed by atoms with Crippen LogP contribution in [0.2, 0.25) is 0 Å². The summed E-state index contributed by atoms with van der Waals surface area (Å²) in [5.41, 5.74) is 0.310. The third-order valence-corrected chi connectivity index (χ3v) is 5.42. The molecule has 21 heavy (non-hydrogen) atoms. The third-order valence-electron chi connectivity index (χ3n) is 4.90. The average Bonchev–Trinajstić information content (AvgIpc) is 3.30. The maximum atomic E-state index is 5.87. The Hall–Kier alpha value is -0.580. The highest BCUT2D eigenvalue weighted by atomic mass is 79.9. The number of benzene rings is 1. The van der Waals surface area contributed by atoms with Crippen molar-refractivity contribution < 1.29 is 4.74 Å². The molecule has 1 saturated heterocycles. The highest BCUT2D eigenvalue weighted by Crippen LogP contribution is 2.41. The minimum atomic E-state index is 0.310. The first-order valence-corrected chi connectivity index (χ1v) is 8.73. The monoisotopic (exact) mass is 352 g/mol. The molecule has 3 rings (SSSR count). The van der Waals surface area contributed by atoms with Gasteiger partial charge in [0.2, 0.25) is 0 Å². The SMILES string of the molecule is CC1CNC(C)(C2CC2)CN1CCOc1ccc(Br)cc1. The largest absolute Gasteiger partial charge is 0.492 e. The molecule has 0 aromatic heterocycles. The Morgan fingerprint density at radius 3 is 2.71 bits per heavy atom. The number of nitrogens with one attached hydrogen (secondary N) is 1. The predicted octanol–water partition coefficient (Wildman–Crippen LogP) is 3.29. The molecule has 0 amide bonds. The van der Waals surface area contributed by atoms with E-state index < -0.39 is 0 Å². The Labute approximate surface area is 136 Å². The van der Waals surface area contributed by atoms with Gasteiger partial charge in [-0.3, -0.25) is 4.90 Å². The van der Waals surface area contributed by atoms with Crippen LogP contribution < -0.4 is 10.1 Å². The van der Waals surface area contributed by atoms with Gasteiger partial charge in [-0.1, -0.05) is 15.9 Å². The fraction of sp³-hybridized carbons (Fsp3) is 0.647. The molecule has 1 aliphatic heterocycles. The Kier molecular flexibility index (Phi) is 4.57. The lowest BCUT2D eigenvalue weighted by Crippen LogP contribution is -2.63. The fourth-order valence-corrected chi connectivity index (χ4v) is 3.51. The zero-order valence-corrected chi connectivity index (χ0v) is 14.5. The van der Waals surface area contributed by atoms with Crippen LogP contribution >= 0.6 is 15.9 Å². The van der Waals surface area contributed by atoms with E-state index in [1.54, 1.807) is 0 Å². The highest BCUT2D eigenvalue weighted by molar-refractivity contribution is 9.10. The highest BCUT2D eigenvalue weighted by Gasteiger charge is 2.45. The molecule has 2 atom stereocenters. The van der Waals surface area contributed by atoms with Gasteiger partial charge < -0.3 is 10.1 Å². The Bertz CT molecular complexity index is 474. The third kappa shape index (κ3) is 3.79. The van der Waals surface area contributed by atoms with Gasteiger partial charge in [0.25, 0.3) is 0 Å². The van der Waals surface area contributed by atoms with E-state index in [0.717, 1.165) is 42.4 Å². The normalized spacial score (nSPS) is 30.3. The molecule has 1 heterocycles. The molecule has 1 aromatic carbocycles. The van der Waals surface area contributed by atoms with Gasteiger partial charge in [0.1, 0.15) is 12.4 Å². The predicted molar refractivity (Wildman–Crippen MR) is 89.8 cm³/mol. The van der Waals surface area contributed by atoms with Gasteiger partial charge >= 0.3 is 0 Å². The van der Waals surface area contributed by atoms with Gasteiger partial charge in [-0.25, -0.2) is 0 Å². The molecule has 2 aliphatic rings. The first-order chi connectivity index (χ1) is 10.1. The van der Waals surface area contributed by atoms with Gasteiger partial charge in [0.05, 0.1) is 0 Å². The smallest absolute Gasteiger partial charge is 0.119 e. The van der Waals surface area contributed by atoms with Crippen LogP contribution in [0.3, 0.4) is 0 Å². The Balaban J connectivity index is 1.50. The van der Waals surface area contributed by atoms with Crippen molar-refractivity contribution in [3.8, 4) is 5.75 Å². The van der Waals surface area contributed by atoms with Crippen LogP contribution in [0.4, 0.5) is 0 Å². The molecular weight excluding hydrogens is 328 g/mol. The van der Waals surface area contributed by atoms with Crippen molar-refractivity contribution in [2.24, 2.45) is 5.92 Å². The van der Waals surface area contributed by atoms with Gasteiger partial charge in [-0.05, 0) is 56.9 Å². The van der Waals surface area contributed by atoms with Gasteiger partial charge in [0, 0.05) is 35.7 Å². The summed E-state index contributed by atoms with van der Waals surface area (Å²) in [5, 5.41) is 3.76. The molecule has 116 valence electrons. The number of halogens is 1. The minimum Gasteiger partial charge on any atom is -0.492 e. The second-order valence-corrected chi connectivity index (χ2v) is 7.61. The second kappa shape index (κ2) is 6.27. The molecule has 2 unspecified atom stereocenters. The van der Waals surface area contributed by atoms with E-state index in [4.69, 9.17) is 4.74 Å². The van der Waals surface area contributed by atoms with Crippen LogP contribution in [0.15, 0.2) is 28.7 Å². The van der Waals surface area contributed by atoms with Crippen molar-refractivity contribution in [2.45, 2.75) is 38.3 Å². The molecule has 0 radical (unpaired) electrons. The van der Waals surface area contributed by atoms with Crippen molar-refractivity contribution in [2.75, 3.05) is 26.2 Å². The van der Waals surface area contributed by atoms with Crippen LogP contribution in [0, 0.1) is 5.92 Å². The van der Waals surface area contributed by atoms with Crippen LogP contribution in [-0.2, 0) is 0 Å². The Morgan fingerprint density at radius 1 is 1.33 bits per heavy atom. The quantitative estimate of drug-likeness (QED) is 0.879. The molecule has 0 bridgehead atoms. The lowest BCUT2D eigenvalue weighted by Gasteiger charge is -2.45. The molecule has 3 nitrogen and oxygen atoms in total. The van der Waals surface area contributed by atoms with Crippen LogP contribution in [0.1, 0.15) is 26.7 Å². The molecule has 2 fully saturated rings. The van der Waals surface area contributed by atoms with Crippen LogP contribution in [0.25, 0.3) is 0 Å². The number of ether oxygens (including phenoxy) is 1. The average molecular weight is 353 g/mol. The number of rotatable bonds is 5. The molecule has 0 spiro atoms. The summed E-state index contributed by atoms with van der Waals surface area (Å²) in [6.45, 7) is 8.68. The van der Waals surface area contributed by atoms with E-state index >= 15 is 0 Å². The van der Waals surface area contributed by atoms with Crippen molar-refractivity contribution in [1.82, 2.24) is 10.2 Å². The standard InChI is InChI=1S/C17H25BrN2O/c1-13-11-19-17(2,14-3-4-14)12-20(13)9-10-21-16-7-5-15(18)6-8-16/h5-8,13-14,19H,3-4,9-12H2,1-2H3. The van der Waals surface area contributed by atoms with Gasteiger partial charge in [0.15, 0.2) is 0 Å². The van der Waals surface area contributed by atoms with E-state index in [0.29, 0.717) is 11.6 Å². The topological polar surface area (TPSA) is 24.5 Å². The maximum absolute atomic E-state index is 5.87. The van der Waals surface area contributed by atoms with Gasteiger partial charge in [-0.2, -0.15) is 0 Å². The lowest BCUT2D eigenvalue weighted by molar-refractivity contribution is 0.0707. The van der Waals surface area contributed by atoms with Gasteiger partial charge in [-0.15, -0.1) is 0 Å².